The first-order chi connectivity index (χ1) is 16.0. The summed E-state index contributed by atoms with van der Waals surface area (Å²) in [6.07, 6.45) is 0.961. The molecule has 0 saturated carbocycles. The highest BCUT2D eigenvalue weighted by Crippen LogP contribution is 2.34. The average molecular weight is 486 g/mol. The summed E-state index contributed by atoms with van der Waals surface area (Å²) in [7, 11) is 1.41. The molecule has 0 aliphatic carbocycles. The first-order valence-corrected chi connectivity index (χ1v) is 11.8. The fourth-order valence-electron chi connectivity index (χ4n) is 3.65. The van der Waals surface area contributed by atoms with E-state index in [-0.39, 0.29) is 0 Å². The second kappa shape index (κ2) is 10.4. The number of carboxylic acid groups (broad SMARTS) is 1. The number of aromatic nitrogens is 1. The van der Waals surface area contributed by atoms with Crippen LogP contribution in [0.5, 0.6) is 5.75 Å². The summed E-state index contributed by atoms with van der Waals surface area (Å²) in [6.45, 7) is 2.45. The third kappa shape index (κ3) is 5.38. The first kappa shape index (κ1) is 23.3. The molecule has 1 N–H and O–H groups in total. The van der Waals surface area contributed by atoms with E-state index in [1.54, 1.807) is 11.3 Å². The zero-order valence-corrected chi connectivity index (χ0v) is 19.9. The SMILES string of the molecule is COC(Cc1ccc(OCCCc2nc(-c3ccc(Cl)cc3)oc2C)c2ccsc12)C(=O)O. The van der Waals surface area contributed by atoms with Gasteiger partial charge in [-0.15, -0.1) is 11.3 Å². The maximum Gasteiger partial charge on any atom is 0.333 e. The van der Waals surface area contributed by atoms with Crippen LogP contribution >= 0.6 is 22.9 Å². The van der Waals surface area contributed by atoms with Crippen LogP contribution in [0, 0.1) is 6.92 Å². The van der Waals surface area contributed by atoms with E-state index in [0.29, 0.717) is 23.9 Å². The van der Waals surface area contributed by atoms with Crippen molar-refractivity contribution in [2.45, 2.75) is 32.3 Å². The molecule has 4 rings (SSSR count). The van der Waals surface area contributed by atoms with Crippen molar-refractivity contribution in [2.24, 2.45) is 0 Å². The van der Waals surface area contributed by atoms with Crippen molar-refractivity contribution < 1.29 is 23.8 Å². The zero-order chi connectivity index (χ0) is 23.4. The van der Waals surface area contributed by atoms with Gasteiger partial charge in [-0.1, -0.05) is 17.7 Å². The smallest absolute Gasteiger partial charge is 0.333 e. The fourth-order valence-corrected chi connectivity index (χ4v) is 4.71. The predicted molar refractivity (Wildman–Crippen MR) is 129 cm³/mol. The van der Waals surface area contributed by atoms with Crippen molar-refractivity contribution in [2.75, 3.05) is 13.7 Å². The molecule has 1 unspecified atom stereocenters. The Kier molecular flexibility index (Phi) is 7.33. The molecule has 0 spiro atoms. The van der Waals surface area contributed by atoms with Crippen LogP contribution in [0.4, 0.5) is 0 Å². The van der Waals surface area contributed by atoms with Gasteiger partial charge in [0.15, 0.2) is 6.10 Å². The Morgan fingerprint density at radius 2 is 2.00 bits per heavy atom. The summed E-state index contributed by atoms with van der Waals surface area (Å²) >= 11 is 7.53. The molecule has 2 heterocycles. The van der Waals surface area contributed by atoms with Crippen LogP contribution in [-0.2, 0) is 22.4 Å². The van der Waals surface area contributed by atoms with Gasteiger partial charge in [-0.25, -0.2) is 9.78 Å². The lowest BCUT2D eigenvalue weighted by Gasteiger charge is -2.13. The van der Waals surface area contributed by atoms with E-state index in [0.717, 1.165) is 51.3 Å². The Bertz CT molecular complexity index is 1250. The van der Waals surface area contributed by atoms with E-state index in [1.165, 1.54) is 7.11 Å². The number of aliphatic carboxylic acids is 1. The summed E-state index contributed by atoms with van der Waals surface area (Å²) in [5.74, 6) is 1.21. The van der Waals surface area contributed by atoms with Crippen LogP contribution in [0.1, 0.15) is 23.4 Å². The van der Waals surface area contributed by atoms with Crippen molar-refractivity contribution in [1.29, 1.82) is 0 Å². The minimum Gasteiger partial charge on any atom is -0.493 e. The van der Waals surface area contributed by atoms with Gasteiger partial charge in [0, 0.05) is 34.2 Å². The van der Waals surface area contributed by atoms with Gasteiger partial charge < -0.3 is 19.0 Å². The van der Waals surface area contributed by atoms with E-state index in [4.69, 9.17) is 25.5 Å². The lowest BCUT2D eigenvalue weighted by atomic mass is 10.1. The number of benzene rings is 2. The minimum atomic E-state index is -0.968. The largest absolute Gasteiger partial charge is 0.493 e. The van der Waals surface area contributed by atoms with Crippen LogP contribution in [0.2, 0.25) is 5.02 Å². The molecule has 6 nitrogen and oxygen atoms in total. The quantitative estimate of drug-likeness (QED) is 0.270. The number of hydrogen-bond acceptors (Lipinski definition) is 6. The second-order valence-electron chi connectivity index (χ2n) is 7.63. The zero-order valence-electron chi connectivity index (χ0n) is 18.3. The predicted octanol–water partition coefficient (Wildman–Crippen LogP) is 6.17. The number of hydrogen-bond donors (Lipinski definition) is 1. The molecule has 172 valence electrons. The lowest BCUT2D eigenvalue weighted by Crippen LogP contribution is -2.24. The molecule has 0 bridgehead atoms. The summed E-state index contributed by atoms with van der Waals surface area (Å²) in [5.41, 5.74) is 2.75. The molecular formula is C25H24ClNO5S. The molecule has 4 aromatic rings. The topological polar surface area (TPSA) is 81.8 Å². The van der Waals surface area contributed by atoms with Crippen molar-refractivity contribution in [3.8, 4) is 17.2 Å². The van der Waals surface area contributed by atoms with Crippen LogP contribution < -0.4 is 4.74 Å². The van der Waals surface area contributed by atoms with Gasteiger partial charge in [-0.05, 0) is 67.1 Å². The van der Waals surface area contributed by atoms with E-state index >= 15 is 0 Å². The molecular weight excluding hydrogens is 462 g/mol. The summed E-state index contributed by atoms with van der Waals surface area (Å²) in [6, 6.07) is 13.2. The third-order valence-electron chi connectivity index (χ3n) is 5.42. The fraction of sp³-hybridized carbons (Fsp3) is 0.280. The van der Waals surface area contributed by atoms with Gasteiger partial charge in [0.2, 0.25) is 5.89 Å². The molecule has 1 atom stereocenters. The maximum absolute atomic E-state index is 11.3. The Labute approximate surface area is 200 Å². The van der Waals surface area contributed by atoms with E-state index in [2.05, 4.69) is 4.98 Å². The van der Waals surface area contributed by atoms with Crippen molar-refractivity contribution in [3.05, 3.63) is 69.9 Å². The van der Waals surface area contributed by atoms with Crippen LogP contribution in [0.25, 0.3) is 21.5 Å². The summed E-state index contributed by atoms with van der Waals surface area (Å²) < 4.78 is 18.0. The Morgan fingerprint density at radius 3 is 2.73 bits per heavy atom. The van der Waals surface area contributed by atoms with Gasteiger partial charge in [0.05, 0.1) is 12.3 Å². The molecule has 0 aliphatic heterocycles. The molecule has 2 aromatic carbocycles. The minimum absolute atomic E-state index is 0.310. The average Bonchev–Trinajstić information content (AvgIpc) is 3.43. The molecule has 0 aliphatic rings. The molecule has 0 radical (unpaired) electrons. The Morgan fingerprint density at radius 1 is 1.21 bits per heavy atom. The summed E-state index contributed by atoms with van der Waals surface area (Å²) in [4.78, 5) is 16.0. The maximum atomic E-state index is 11.3. The van der Waals surface area contributed by atoms with Crippen molar-refractivity contribution in [1.82, 2.24) is 4.98 Å². The highest BCUT2D eigenvalue weighted by Gasteiger charge is 2.19. The van der Waals surface area contributed by atoms with Gasteiger partial charge in [0.1, 0.15) is 11.5 Å². The molecule has 0 saturated heterocycles. The number of fused-ring (bicyclic) bond motifs is 1. The Hall–Kier alpha value is -2.87. The summed E-state index contributed by atoms with van der Waals surface area (Å²) in [5, 5.41) is 12.9. The second-order valence-corrected chi connectivity index (χ2v) is 8.99. The number of ether oxygens (including phenoxy) is 2. The number of carboxylic acids is 1. The number of methoxy groups -OCH3 is 1. The molecule has 0 amide bonds. The molecule has 2 aromatic heterocycles. The molecule has 33 heavy (non-hydrogen) atoms. The van der Waals surface area contributed by atoms with E-state index in [9.17, 15) is 9.90 Å². The van der Waals surface area contributed by atoms with Crippen molar-refractivity contribution >= 4 is 39.0 Å². The number of carbonyl (C=O) groups is 1. The monoisotopic (exact) mass is 485 g/mol. The van der Waals surface area contributed by atoms with E-state index in [1.807, 2.05) is 54.8 Å². The number of nitrogens with zero attached hydrogens (tertiary/aromatic N) is 1. The number of aryl methyl sites for hydroxylation is 2. The first-order valence-electron chi connectivity index (χ1n) is 10.6. The molecule has 0 fully saturated rings. The highest BCUT2D eigenvalue weighted by molar-refractivity contribution is 7.17. The molecule has 8 heteroatoms. The number of thiophene rings is 1. The standard InChI is InChI=1S/C25H24ClNO5S/c1-15-20(27-24(32-15)16-5-8-18(26)9-6-16)4-3-12-31-21-10-7-17(14-22(30-2)25(28)29)23-19(21)11-13-33-23/h5-11,13,22H,3-4,12,14H2,1-2H3,(H,28,29). The normalized spacial score (nSPS) is 12.2. The third-order valence-corrected chi connectivity index (χ3v) is 6.66. The highest BCUT2D eigenvalue weighted by atomic mass is 35.5. The van der Waals surface area contributed by atoms with Gasteiger partial charge in [-0.3, -0.25) is 0 Å². The lowest BCUT2D eigenvalue weighted by molar-refractivity contribution is -0.148. The Balaban J connectivity index is 1.38. The van der Waals surface area contributed by atoms with Crippen LogP contribution in [0.3, 0.4) is 0 Å². The van der Waals surface area contributed by atoms with Crippen LogP contribution in [-0.4, -0.2) is 35.9 Å². The van der Waals surface area contributed by atoms with Gasteiger partial charge in [-0.2, -0.15) is 0 Å². The van der Waals surface area contributed by atoms with Crippen LogP contribution in [0.15, 0.2) is 52.3 Å². The number of halogens is 1. The van der Waals surface area contributed by atoms with E-state index < -0.39 is 12.1 Å². The number of rotatable bonds is 10. The van der Waals surface area contributed by atoms with Gasteiger partial charge >= 0.3 is 5.97 Å². The van der Waals surface area contributed by atoms with Crippen molar-refractivity contribution in [3.63, 3.8) is 0 Å². The number of oxazole rings is 1. The van der Waals surface area contributed by atoms with Gasteiger partial charge in [0.25, 0.3) is 0 Å².